The molecule has 0 aliphatic carbocycles. The fourth-order valence-electron chi connectivity index (χ4n) is 3.59. The van der Waals surface area contributed by atoms with Gasteiger partial charge in [-0.3, -0.25) is 4.79 Å². The predicted octanol–water partition coefficient (Wildman–Crippen LogP) is 5.36. The Morgan fingerprint density at radius 2 is 1.60 bits per heavy atom. The second-order valence-corrected chi connectivity index (χ2v) is 7.71. The maximum Gasteiger partial charge on any atom is 0.254 e. The number of carbonyl (C=O) groups excluding carboxylic acids is 1. The first-order valence-electron chi connectivity index (χ1n) is 10.3. The van der Waals surface area contributed by atoms with Crippen LogP contribution in [0.25, 0.3) is 22.2 Å². The van der Waals surface area contributed by atoms with Crippen molar-refractivity contribution in [3.63, 3.8) is 0 Å². The van der Waals surface area contributed by atoms with Gasteiger partial charge in [-0.25, -0.2) is 0 Å². The number of nitrogens with zero attached hydrogens (tertiary/aromatic N) is 2. The lowest BCUT2D eigenvalue weighted by Crippen LogP contribution is -2.33. The highest BCUT2D eigenvalue weighted by Crippen LogP contribution is 2.27. The minimum Gasteiger partial charge on any atom is -0.349 e. The van der Waals surface area contributed by atoms with Gasteiger partial charge in [0.2, 0.25) is 0 Å². The van der Waals surface area contributed by atoms with E-state index in [0.717, 1.165) is 34.9 Å². The fourth-order valence-corrected chi connectivity index (χ4v) is 3.59. The highest BCUT2D eigenvalue weighted by atomic mass is 16.1. The smallest absolute Gasteiger partial charge is 0.254 e. The van der Waals surface area contributed by atoms with E-state index >= 15 is 0 Å². The standard InChI is InChI=1S/C26H25N3O/c1-18-12-16-21(17-13-18)25-24(22-10-6-7-11-23(22)28-29-25)26(30)27-19(2)14-15-20-8-4-3-5-9-20/h3-13,16-17,19H,14-15H2,1-2H3,(H,27,30)/t19-/m0/s1. The van der Waals surface area contributed by atoms with Gasteiger partial charge in [0.25, 0.3) is 5.91 Å². The van der Waals surface area contributed by atoms with E-state index < -0.39 is 0 Å². The summed E-state index contributed by atoms with van der Waals surface area (Å²) < 4.78 is 0. The molecule has 4 heteroatoms. The molecule has 0 aliphatic rings. The summed E-state index contributed by atoms with van der Waals surface area (Å²) >= 11 is 0. The van der Waals surface area contributed by atoms with Gasteiger partial charge in [0.05, 0.1) is 11.1 Å². The van der Waals surface area contributed by atoms with E-state index in [9.17, 15) is 4.79 Å². The van der Waals surface area contributed by atoms with Crippen molar-refractivity contribution in [1.29, 1.82) is 0 Å². The Kier molecular flexibility index (Phi) is 5.84. The molecule has 0 saturated heterocycles. The number of amides is 1. The lowest BCUT2D eigenvalue weighted by Gasteiger charge is -2.17. The molecular weight excluding hydrogens is 370 g/mol. The molecule has 0 bridgehead atoms. The van der Waals surface area contributed by atoms with Crippen LogP contribution in [-0.4, -0.2) is 22.1 Å². The Bertz CT molecular complexity index is 1150. The SMILES string of the molecule is Cc1ccc(-c2nnc3ccccc3c2C(=O)N[C@@H](C)CCc2ccccc2)cc1. The molecule has 1 atom stereocenters. The molecule has 3 aromatic carbocycles. The molecule has 150 valence electrons. The third kappa shape index (κ3) is 4.38. The predicted molar refractivity (Wildman–Crippen MR) is 121 cm³/mol. The summed E-state index contributed by atoms with van der Waals surface area (Å²) in [6, 6.07) is 26.1. The number of hydrogen-bond acceptors (Lipinski definition) is 3. The molecule has 30 heavy (non-hydrogen) atoms. The van der Waals surface area contributed by atoms with E-state index in [2.05, 4.69) is 27.6 Å². The number of hydrogen-bond donors (Lipinski definition) is 1. The normalized spacial score (nSPS) is 11.9. The molecule has 1 aromatic heterocycles. The summed E-state index contributed by atoms with van der Waals surface area (Å²) in [5, 5.41) is 12.8. The lowest BCUT2D eigenvalue weighted by atomic mass is 9.99. The molecule has 0 spiro atoms. The van der Waals surface area contributed by atoms with Crippen LogP contribution in [0, 0.1) is 6.92 Å². The number of aryl methyl sites for hydroxylation is 2. The van der Waals surface area contributed by atoms with Crippen LogP contribution in [0.1, 0.15) is 34.8 Å². The Morgan fingerprint density at radius 1 is 0.900 bits per heavy atom. The number of aromatic nitrogens is 2. The number of nitrogens with one attached hydrogen (secondary N) is 1. The number of rotatable bonds is 6. The minimum atomic E-state index is -0.114. The van der Waals surface area contributed by atoms with Crippen molar-refractivity contribution < 1.29 is 4.79 Å². The van der Waals surface area contributed by atoms with Gasteiger partial charge < -0.3 is 5.32 Å². The first-order valence-corrected chi connectivity index (χ1v) is 10.3. The Balaban J connectivity index is 1.63. The van der Waals surface area contributed by atoms with Gasteiger partial charge in [-0.1, -0.05) is 78.4 Å². The second-order valence-electron chi connectivity index (χ2n) is 7.71. The van der Waals surface area contributed by atoms with Crippen molar-refractivity contribution in [1.82, 2.24) is 15.5 Å². The van der Waals surface area contributed by atoms with Gasteiger partial charge in [0.15, 0.2) is 0 Å². The van der Waals surface area contributed by atoms with E-state index in [4.69, 9.17) is 0 Å². The largest absolute Gasteiger partial charge is 0.349 e. The van der Waals surface area contributed by atoms with Gasteiger partial charge >= 0.3 is 0 Å². The van der Waals surface area contributed by atoms with Crippen LogP contribution >= 0.6 is 0 Å². The number of carbonyl (C=O) groups is 1. The van der Waals surface area contributed by atoms with E-state index in [1.807, 2.05) is 80.6 Å². The van der Waals surface area contributed by atoms with Crippen molar-refractivity contribution in [2.24, 2.45) is 0 Å². The van der Waals surface area contributed by atoms with Crippen molar-refractivity contribution in [3.8, 4) is 11.3 Å². The Morgan fingerprint density at radius 3 is 2.37 bits per heavy atom. The quantitative estimate of drug-likeness (QED) is 0.478. The second kappa shape index (κ2) is 8.87. The summed E-state index contributed by atoms with van der Waals surface area (Å²) in [4.78, 5) is 13.4. The monoisotopic (exact) mass is 395 g/mol. The van der Waals surface area contributed by atoms with Crippen LogP contribution in [0.4, 0.5) is 0 Å². The van der Waals surface area contributed by atoms with Crippen LogP contribution in [0.15, 0.2) is 78.9 Å². The third-order valence-corrected chi connectivity index (χ3v) is 5.31. The molecule has 4 aromatic rings. The number of benzene rings is 3. The molecule has 0 saturated carbocycles. The van der Waals surface area contributed by atoms with Crippen LogP contribution < -0.4 is 5.32 Å². The summed E-state index contributed by atoms with van der Waals surface area (Å²) in [7, 11) is 0. The van der Waals surface area contributed by atoms with Crippen molar-refractivity contribution in [3.05, 3.63) is 95.6 Å². The number of fused-ring (bicyclic) bond motifs is 1. The molecule has 1 amide bonds. The van der Waals surface area contributed by atoms with Crippen LogP contribution in [0.3, 0.4) is 0 Å². The molecule has 0 aliphatic heterocycles. The zero-order valence-electron chi connectivity index (χ0n) is 17.3. The molecule has 0 fully saturated rings. The molecule has 0 radical (unpaired) electrons. The van der Waals surface area contributed by atoms with Gasteiger partial charge in [0.1, 0.15) is 5.69 Å². The summed E-state index contributed by atoms with van der Waals surface area (Å²) in [6.45, 7) is 4.08. The van der Waals surface area contributed by atoms with Gasteiger partial charge in [-0.15, -0.1) is 10.2 Å². The zero-order valence-corrected chi connectivity index (χ0v) is 17.3. The average Bonchev–Trinajstić information content (AvgIpc) is 2.78. The Labute approximate surface area is 177 Å². The van der Waals surface area contributed by atoms with Gasteiger partial charge in [-0.2, -0.15) is 0 Å². The molecule has 4 nitrogen and oxygen atoms in total. The van der Waals surface area contributed by atoms with Crippen LogP contribution in [0.2, 0.25) is 0 Å². The fraction of sp³-hybridized carbons (Fsp3) is 0.192. The van der Waals surface area contributed by atoms with Crippen molar-refractivity contribution >= 4 is 16.8 Å². The summed E-state index contributed by atoms with van der Waals surface area (Å²) in [5.74, 6) is -0.114. The maximum atomic E-state index is 13.4. The minimum absolute atomic E-state index is 0.0375. The van der Waals surface area contributed by atoms with Crippen molar-refractivity contribution in [2.75, 3.05) is 0 Å². The average molecular weight is 396 g/mol. The van der Waals surface area contributed by atoms with E-state index in [1.165, 1.54) is 5.56 Å². The summed E-state index contributed by atoms with van der Waals surface area (Å²) in [5.41, 5.74) is 5.23. The third-order valence-electron chi connectivity index (χ3n) is 5.31. The van der Waals surface area contributed by atoms with E-state index in [-0.39, 0.29) is 11.9 Å². The molecule has 1 heterocycles. The van der Waals surface area contributed by atoms with Gasteiger partial charge in [0, 0.05) is 17.0 Å². The van der Waals surface area contributed by atoms with Crippen LogP contribution in [-0.2, 0) is 6.42 Å². The first-order chi connectivity index (χ1) is 14.6. The summed E-state index contributed by atoms with van der Waals surface area (Å²) in [6.07, 6.45) is 1.79. The lowest BCUT2D eigenvalue weighted by molar-refractivity contribution is 0.0940. The van der Waals surface area contributed by atoms with Crippen LogP contribution in [0.5, 0.6) is 0 Å². The Hall–Kier alpha value is -3.53. The maximum absolute atomic E-state index is 13.4. The molecule has 0 unspecified atom stereocenters. The molecule has 4 rings (SSSR count). The molecular formula is C26H25N3O. The highest BCUT2D eigenvalue weighted by Gasteiger charge is 2.20. The zero-order chi connectivity index (χ0) is 20.9. The van der Waals surface area contributed by atoms with Crippen molar-refractivity contribution in [2.45, 2.75) is 32.7 Å². The molecule has 1 N–H and O–H groups in total. The first kappa shape index (κ1) is 19.8. The van der Waals surface area contributed by atoms with E-state index in [1.54, 1.807) is 0 Å². The highest BCUT2D eigenvalue weighted by molar-refractivity contribution is 6.10. The van der Waals surface area contributed by atoms with Gasteiger partial charge in [-0.05, 0) is 38.3 Å². The topological polar surface area (TPSA) is 54.9 Å². The van der Waals surface area contributed by atoms with E-state index in [0.29, 0.717) is 11.3 Å².